The number of imide groups is 2. The monoisotopic (exact) mass is 392 g/mol. The first kappa shape index (κ1) is 18.3. The van der Waals surface area contributed by atoms with Gasteiger partial charge in [0.1, 0.15) is 0 Å². The molecule has 2 fully saturated rings. The van der Waals surface area contributed by atoms with Crippen molar-refractivity contribution in [3.63, 3.8) is 0 Å². The Morgan fingerprint density at radius 2 is 1.89 bits per heavy atom. The molecule has 0 unspecified atom stereocenters. The van der Waals surface area contributed by atoms with Gasteiger partial charge in [0.05, 0.1) is 34.9 Å². The molecule has 1 spiro atoms. The van der Waals surface area contributed by atoms with Gasteiger partial charge >= 0.3 is 6.03 Å². The van der Waals surface area contributed by atoms with Gasteiger partial charge in [-0.25, -0.2) is 9.18 Å². The van der Waals surface area contributed by atoms with Crippen LogP contribution in [-0.2, 0) is 20.7 Å². The third kappa shape index (κ3) is 2.39. The average Bonchev–Trinajstić information content (AvgIpc) is 2.58. The van der Waals surface area contributed by atoms with E-state index in [9.17, 15) is 28.9 Å². The molecule has 3 aliphatic heterocycles. The predicted molar refractivity (Wildman–Crippen MR) is 92.0 cm³/mol. The number of carbonyl (C=O) groups is 3. The summed E-state index contributed by atoms with van der Waals surface area (Å²) in [5, 5.41) is 15.4. The zero-order valence-electron chi connectivity index (χ0n) is 15.0. The number of ether oxygens (including phenoxy) is 1. The minimum Gasteiger partial charge on any atom is -0.372 e. The molecule has 28 heavy (non-hydrogen) atoms. The maximum absolute atomic E-state index is 14.9. The van der Waals surface area contributed by atoms with Crippen molar-refractivity contribution in [2.24, 2.45) is 5.41 Å². The summed E-state index contributed by atoms with van der Waals surface area (Å²) in [6, 6.07) is 0.155. The molecule has 0 bridgehead atoms. The SMILES string of the molecule is C[C@@H]1O[C@@H](C)CN2c3c(F)cc([N+](=O)[O-])cc3CC3(C(=O)NC(=O)NC3=O)[C@@H]12. The van der Waals surface area contributed by atoms with Crippen LogP contribution in [0.15, 0.2) is 12.1 Å². The van der Waals surface area contributed by atoms with Crippen molar-refractivity contribution in [3.8, 4) is 0 Å². The van der Waals surface area contributed by atoms with Crippen LogP contribution in [0.2, 0.25) is 0 Å². The van der Waals surface area contributed by atoms with E-state index in [0.717, 1.165) is 12.1 Å². The fourth-order valence-electron chi connectivity index (χ4n) is 4.62. The predicted octanol–water partition coefficient (Wildman–Crippen LogP) is 0.625. The molecule has 3 atom stereocenters. The number of carbonyl (C=O) groups excluding carboxylic acids is 3. The lowest BCUT2D eigenvalue weighted by Gasteiger charge is -2.55. The summed E-state index contributed by atoms with van der Waals surface area (Å²) in [5.74, 6) is -2.48. The van der Waals surface area contributed by atoms with Gasteiger partial charge in [-0.05, 0) is 19.4 Å². The van der Waals surface area contributed by atoms with E-state index in [1.165, 1.54) is 0 Å². The van der Waals surface area contributed by atoms with Crippen molar-refractivity contribution in [1.82, 2.24) is 10.6 Å². The number of barbiturate groups is 1. The van der Waals surface area contributed by atoms with Gasteiger partial charge in [0.25, 0.3) is 5.69 Å². The molecule has 1 aromatic carbocycles. The molecule has 2 saturated heterocycles. The number of hydrogen-bond donors (Lipinski definition) is 2. The van der Waals surface area contributed by atoms with Gasteiger partial charge in [-0.15, -0.1) is 0 Å². The van der Waals surface area contributed by atoms with E-state index >= 15 is 0 Å². The lowest BCUT2D eigenvalue weighted by Crippen LogP contribution is -2.75. The fraction of sp³-hybridized carbons (Fsp3) is 0.471. The molecule has 4 rings (SSSR count). The summed E-state index contributed by atoms with van der Waals surface area (Å²) in [7, 11) is 0. The van der Waals surface area contributed by atoms with Crippen molar-refractivity contribution < 1.29 is 28.4 Å². The van der Waals surface area contributed by atoms with Crippen LogP contribution in [0.4, 0.5) is 20.6 Å². The average molecular weight is 392 g/mol. The topological polar surface area (TPSA) is 131 Å². The number of amides is 4. The molecule has 3 aliphatic rings. The van der Waals surface area contributed by atoms with Crippen molar-refractivity contribution >= 4 is 29.2 Å². The van der Waals surface area contributed by atoms with Crippen LogP contribution in [-0.4, -0.2) is 47.6 Å². The molecule has 0 radical (unpaired) electrons. The molecule has 0 saturated carbocycles. The summed E-state index contributed by atoms with van der Waals surface area (Å²) in [6.45, 7) is 3.61. The highest BCUT2D eigenvalue weighted by molar-refractivity contribution is 6.20. The third-order valence-electron chi connectivity index (χ3n) is 5.55. The van der Waals surface area contributed by atoms with Crippen LogP contribution in [0.5, 0.6) is 0 Å². The first-order chi connectivity index (χ1) is 13.1. The number of urea groups is 1. The zero-order chi connectivity index (χ0) is 20.4. The van der Waals surface area contributed by atoms with E-state index < -0.39 is 51.8 Å². The van der Waals surface area contributed by atoms with Gasteiger partial charge in [-0.3, -0.25) is 30.3 Å². The van der Waals surface area contributed by atoms with E-state index in [4.69, 9.17) is 4.74 Å². The van der Waals surface area contributed by atoms with E-state index in [1.807, 2.05) is 0 Å². The highest BCUT2D eigenvalue weighted by Crippen LogP contribution is 2.48. The van der Waals surface area contributed by atoms with E-state index in [0.29, 0.717) is 0 Å². The Morgan fingerprint density at radius 3 is 2.50 bits per heavy atom. The number of benzene rings is 1. The first-order valence-electron chi connectivity index (χ1n) is 8.71. The Kier molecular flexibility index (Phi) is 3.89. The van der Waals surface area contributed by atoms with Crippen LogP contribution in [0.3, 0.4) is 0 Å². The van der Waals surface area contributed by atoms with Crippen LogP contribution in [0.25, 0.3) is 0 Å². The Bertz CT molecular complexity index is 914. The molecule has 4 amide bonds. The van der Waals surface area contributed by atoms with Crippen LogP contribution in [0.1, 0.15) is 19.4 Å². The van der Waals surface area contributed by atoms with Gasteiger partial charge in [0, 0.05) is 19.0 Å². The number of rotatable bonds is 1. The quantitative estimate of drug-likeness (QED) is 0.407. The fourth-order valence-corrected chi connectivity index (χ4v) is 4.62. The number of nitro groups is 1. The second-order valence-electron chi connectivity index (χ2n) is 7.33. The minimum absolute atomic E-state index is 0.112. The van der Waals surface area contributed by atoms with Gasteiger partial charge in [-0.2, -0.15) is 0 Å². The summed E-state index contributed by atoms with van der Waals surface area (Å²) >= 11 is 0. The maximum Gasteiger partial charge on any atom is 0.328 e. The Morgan fingerprint density at radius 1 is 1.25 bits per heavy atom. The molecule has 3 heterocycles. The number of nitrogens with one attached hydrogen (secondary N) is 2. The molecule has 2 N–H and O–H groups in total. The number of nitrogens with zero attached hydrogens (tertiary/aromatic N) is 2. The molecular weight excluding hydrogens is 375 g/mol. The Hall–Kier alpha value is -3.08. The van der Waals surface area contributed by atoms with Crippen molar-refractivity contribution in [3.05, 3.63) is 33.6 Å². The molecule has 0 aromatic heterocycles. The highest BCUT2D eigenvalue weighted by Gasteiger charge is 2.63. The molecule has 10 nitrogen and oxygen atoms in total. The Balaban J connectivity index is 1.96. The number of non-ortho nitro benzene ring substituents is 1. The smallest absolute Gasteiger partial charge is 0.328 e. The number of hydrogen-bond acceptors (Lipinski definition) is 7. The third-order valence-corrected chi connectivity index (χ3v) is 5.55. The lowest BCUT2D eigenvalue weighted by molar-refractivity contribution is -0.385. The normalized spacial score (nSPS) is 28.3. The minimum atomic E-state index is -1.79. The van der Waals surface area contributed by atoms with Crippen molar-refractivity contribution in [1.29, 1.82) is 0 Å². The number of halogens is 1. The molecule has 11 heteroatoms. The van der Waals surface area contributed by atoms with Crippen LogP contribution in [0, 0.1) is 21.3 Å². The standard InChI is InChI=1S/C17H17FN4O6/c1-7-6-21-12-9(3-10(22(26)27)4-11(12)18)5-17(13(21)8(2)28-7)14(23)19-16(25)20-15(17)24/h3-4,7-8,13H,5-6H2,1-2H3,(H2,19,20,23,24,25)/t7-,8-,13+/m0/s1. The lowest BCUT2D eigenvalue weighted by atomic mass is 9.66. The number of anilines is 1. The van der Waals surface area contributed by atoms with Crippen LogP contribution < -0.4 is 15.5 Å². The molecule has 0 aliphatic carbocycles. The molecular formula is C17H17FN4O6. The summed E-state index contributed by atoms with van der Waals surface area (Å²) in [4.78, 5) is 49.3. The largest absolute Gasteiger partial charge is 0.372 e. The van der Waals surface area contributed by atoms with Crippen LogP contribution >= 0.6 is 0 Å². The summed E-state index contributed by atoms with van der Waals surface area (Å²) < 4.78 is 20.7. The van der Waals surface area contributed by atoms with Gasteiger partial charge < -0.3 is 9.64 Å². The first-order valence-corrected chi connectivity index (χ1v) is 8.71. The van der Waals surface area contributed by atoms with E-state index in [-0.39, 0.29) is 30.3 Å². The van der Waals surface area contributed by atoms with Crippen molar-refractivity contribution in [2.75, 3.05) is 11.4 Å². The molecule has 148 valence electrons. The second-order valence-corrected chi connectivity index (χ2v) is 7.33. The zero-order valence-corrected chi connectivity index (χ0v) is 15.0. The summed E-state index contributed by atoms with van der Waals surface area (Å²) in [6.07, 6.45) is -1.27. The number of nitro benzene ring substituents is 1. The van der Waals surface area contributed by atoms with Gasteiger partial charge in [-0.1, -0.05) is 0 Å². The molecule has 1 aromatic rings. The Labute approximate surface area is 158 Å². The van der Waals surface area contributed by atoms with E-state index in [2.05, 4.69) is 10.6 Å². The second kappa shape index (κ2) is 5.96. The van der Waals surface area contributed by atoms with Gasteiger partial charge in [0.15, 0.2) is 11.2 Å². The van der Waals surface area contributed by atoms with Gasteiger partial charge in [0.2, 0.25) is 11.8 Å². The summed E-state index contributed by atoms with van der Waals surface area (Å²) in [5.41, 5.74) is -2.00. The maximum atomic E-state index is 14.9. The van der Waals surface area contributed by atoms with E-state index in [1.54, 1.807) is 18.7 Å². The number of morpholine rings is 1. The highest BCUT2D eigenvalue weighted by atomic mass is 19.1. The number of fused-ring (bicyclic) bond motifs is 4. The van der Waals surface area contributed by atoms with Crippen molar-refractivity contribution in [2.45, 2.75) is 38.5 Å².